The van der Waals surface area contributed by atoms with Gasteiger partial charge in [-0.05, 0) is 12.1 Å². The molecule has 0 spiro atoms. The van der Waals surface area contributed by atoms with Gasteiger partial charge < -0.3 is 14.4 Å². The summed E-state index contributed by atoms with van der Waals surface area (Å²) in [5.41, 5.74) is 0. The molecule has 0 unspecified atom stereocenters. The van der Waals surface area contributed by atoms with Crippen molar-refractivity contribution in [2.75, 3.05) is 25.1 Å². The summed E-state index contributed by atoms with van der Waals surface area (Å²) in [5.74, 6) is 1.43. The summed E-state index contributed by atoms with van der Waals surface area (Å²) >= 11 is 1.03. The van der Waals surface area contributed by atoms with E-state index in [9.17, 15) is 8.42 Å². The van der Waals surface area contributed by atoms with Crippen LogP contribution in [-0.4, -0.2) is 39.7 Å². The third-order valence-electron chi connectivity index (χ3n) is 3.12. The van der Waals surface area contributed by atoms with E-state index in [1.165, 1.54) is 6.20 Å². The molecule has 1 atom stereocenters. The highest BCUT2D eigenvalue weighted by Crippen LogP contribution is 2.31. The van der Waals surface area contributed by atoms with Crippen LogP contribution in [0.15, 0.2) is 34.7 Å². The number of nitrogens with two attached hydrogens (primary N) is 1. The van der Waals surface area contributed by atoms with E-state index in [1.807, 2.05) is 36.2 Å². The first-order chi connectivity index (χ1) is 10.4. The first-order valence-corrected chi connectivity index (χ1v) is 8.88. The minimum Gasteiger partial charge on any atom is -0.486 e. The lowest BCUT2D eigenvalue weighted by molar-refractivity contribution is 0.0960. The van der Waals surface area contributed by atoms with Gasteiger partial charge in [-0.15, -0.1) is 0 Å². The summed E-state index contributed by atoms with van der Waals surface area (Å²) in [4.78, 5) is 5.90. The van der Waals surface area contributed by atoms with Crippen molar-refractivity contribution in [3.05, 3.63) is 30.5 Å². The van der Waals surface area contributed by atoms with Gasteiger partial charge in [-0.25, -0.2) is 18.5 Å². The van der Waals surface area contributed by atoms with Crippen molar-refractivity contribution in [3.63, 3.8) is 0 Å². The number of benzene rings is 1. The maximum absolute atomic E-state index is 11.3. The molecule has 1 aromatic carbocycles. The van der Waals surface area contributed by atoms with E-state index in [0.29, 0.717) is 24.0 Å². The third-order valence-corrected chi connectivity index (χ3v) is 5.64. The van der Waals surface area contributed by atoms with E-state index >= 15 is 0 Å². The summed E-state index contributed by atoms with van der Waals surface area (Å²) in [7, 11) is -1.90. The number of sulfonamides is 1. The lowest BCUT2D eigenvalue weighted by atomic mass is 10.2. The molecule has 0 aliphatic carbocycles. The highest BCUT2D eigenvalue weighted by Gasteiger charge is 2.23. The van der Waals surface area contributed by atoms with Crippen LogP contribution in [0, 0.1) is 0 Å². The van der Waals surface area contributed by atoms with Crippen molar-refractivity contribution < 1.29 is 17.9 Å². The quantitative estimate of drug-likeness (QED) is 0.894. The fourth-order valence-corrected chi connectivity index (χ4v) is 3.60. The number of nitrogens with zero attached hydrogens (tertiary/aromatic N) is 2. The monoisotopic (exact) mass is 341 g/mol. The van der Waals surface area contributed by atoms with Gasteiger partial charge in [0.25, 0.3) is 0 Å². The molecule has 1 aromatic heterocycles. The molecule has 3 rings (SSSR count). The summed E-state index contributed by atoms with van der Waals surface area (Å²) < 4.78 is 34.1. The van der Waals surface area contributed by atoms with Crippen LogP contribution in [0.1, 0.15) is 0 Å². The average Bonchev–Trinajstić information content (AvgIpc) is 2.97. The lowest BCUT2D eigenvalue weighted by Crippen LogP contribution is -2.39. The topological polar surface area (TPSA) is 94.8 Å². The molecule has 2 N–H and O–H groups in total. The van der Waals surface area contributed by atoms with Crippen molar-refractivity contribution in [3.8, 4) is 11.5 Å². The van der Waals surface area contributed by atoms with Crippen LogP contribution in [0.5, 0.6) is 11.5 Å². The van der Waals surface area contributed by atoms with Crippen LogP contribution >= 0.6 is 11.3 Å². The number of hydrogen-bond acceptors (Lipinski definition) is 7. The van der Waals surface area contributed by atoms with Crippen molar-refractivity contribution in [2.24, 2.45) is 5.14 Å². The van der Waals surface area contributed by atoms with Crippen LogP contribution in [0.2, 0.25) is 0 Å². The second-order valence-corrected chi connectivity index (χ2v) is 7.68. The molecule has 0 saturated carbocycles. The van der Waals surface area contributed by atoms with Crippen LogP contribution < -0.4 is 19.5 Å². The molecule has 0 saturated heterocycles. The second-order valence-electron chi connectivity index (χ2n) is 4.89. The second kappa shape index (κ2) is 5.75. The summed E-state index contributed by atoms with van der Waals surface area (Å²) in [6.45, 7) is 0.945. The summed E-state index contributed by atoms with van der Waals surface area (Å²) in [6, 6.07) is 7.48. The SMILES string of the molecule is CN(C[C@H]1COc2ccccc2O1)c1ncc(S(N)(=O)=O)s1. The van der Waals surface area contributed by atoms with Crippen LogP contribution in [-0.2, 0) is 10.0 Å². The first-order valence-electron chi connectivity index (χ1n) is 6.52. The molecule has 1 aliphatic rings. The van der Waals surface area contributed by atoms with Gasteiger partial charge in [-0.1, -0.05) is 23.5 Å². The molecular weight excluding hydrogens is 326 g/mol. The van der Waals surface area contributed by atoms with Gasteiger partial charge in [0.15, 0.2) is 26.9 Å². The van der Waals surface area contributed by atoms with Gasteiger partial charge in [-0.2, -0.15) is 0 Å². The van der Waals surface area contributed by atoms with E-state index in [0.717, 1.165) is 17.1 Å². The number of anilines is 1. The third kappa shape index (κ3) is 3.16. The molecule has 0 radical (unpaired) electrons. The number of primary sulfonamides is 1. The van der Waals surface area contributed by atoms with E-state index in [1.54, 1.807) is 0 Å². The molecule has 118 valence electrons. The van der Waals surface area contributed by atoms with Crippen molar-refractivity contribution in [2.45, 2.75) is 10.3 Å². The zero-order valence-electron chi connectivity index (χ0n) is 11.8. The fraction of sp³-hybridized carbons (Fsp3) is 0.308. The van der Waals surface area contributed by atoms with Crippen LogP contribution in [0.4, 0.5) is 5.13 Å². The average molecular weight is 341 g/mol. The Morgan fingerprint density at radius 3 is 2.82 bits per heavy atom. The smallest absolute Gasteiger partial charge is 0.249 e. The number of fused-ring (bicyclic) bond motifs is 1. The number of ether oxygens (including phenoxy) is 2. The number of likely N-dealkylation sites (N-methyl/N-ethyl adjacent to an activating group) is 1. The van der Waals surface area contributed by atoms with Gasteiger partial charge >= 0.3 is 0 Å². The van der Waals surface area contributed by atoms with E-state index in [2.05, 4.69) is 4.98 Å². The van der Waals surface area contributed by atoms with Gasteiger partial charge in [-0.3, -0.25) is 0 Å². The summed E-state index contributed by atoms with van der Waals surface area (Å²) in [6.07, 6.45) is 1.10. The number of rotatable bonds is 4. The highest BCUT2D eigenvalue weighted by atomic mass is 32.2. The summed E-state index contributed by atoms with van der Waals surface area (Å²) in [5, 5.41) is 5.65. The molecular formula is C13H15N3O4S2. The molecule has 0 amide bonds. The standard InChI is InChI=1S/C13H15N3O4S2/c1-16(13-15-6-12(21-13)22(14,17)18)7-9-8-19-10-4-2-3-5-11(10)20-9/h2-6,9H,7-8H2,1H3,(H2,14,17,18)/t9-/m0/s1. The predicted molar refractivity (Wildman–Crippen MR) is 83.1 cm³/mol. The van der Waals surface area contributed by atoms with Gasteiger partial charge in [0.05, 0.1) is 12.7 Å². The maximum atomic E-state index is 11.3. The fourth-order valence-electron chi connectivity index (χ4n) is 2.10. The highest BCUT2D eigenvalue weighted by molar-refractivity contribution is 7.91. The van der Waals surface area contributed by atoms with Crippen molar-refractivity contribution >= 4 is 26.5 Å². The first kappa shape index (κ1) is 15.1. The van der Waals surface area contributed by atoms with E-state index in [-0.39, 0.29) is 10.3 Å². The van der Waals surface area contributed by atoms with Crippen LogP contribution in [0.25, 0.3) is 0 Å². The zero-order chi connectivity index (χ0) is 15.7. The van der Waals surface area contributed by atoms with Gasteiger partial charge in [0, 0.05) is 7.05 Å². The Kier molecular flexibility index (Phi) is 3.94. The number of aromatic nitrogens is 1. The normalized spacial score (nSPS) is 17.3. The van der Waals surface area contributed by atoms with Gasteiger partial charge in [0.2, 0.25) is 10.0 Å². The Morgan fingerprint density at radius 1 is 1.41 bits per heavy atom. The number of para-hydroxylation sites is 2. The zero-order valence-corrected chi connectivity index (χ0v) is 13.4. The molecule has 22 heavy (non-hydrogen) atoms. The largest absolute Gasteiger partial charge is 0.486 e. The maximum Gasteiger partial charge on any atom is 0.249 e. The number of thiazole rings is 1. The predicted octanol–water partition coefficient (Wildman–Crippen LogP) is 1.07. The van der Waals surface area contributed by atoms with Crippen molar-refractivity contribution in [1.82, 2.24) is 4.98 Å². The molecule has 2 heterocycles. The Bertz CT molecular complexity index is 775. The van der Waals surface area contributed by atoms with E-state index in [4.69, 9.17) is 14.6 Å². The lowest BCUT2D eigenvalue weighted by Gasteiger charge is -2.29. The Hall–Kier alpha value is -1.84. The van der Waals surface area contributed by atoms with Crippen molar-refractivity contribution in [1.29, 1.82) is 0 Å². The molecule has 0 bridgehead atoms. The Balaban J connectivity index is 1.68. The van der Waals surface area contributed by atoms with Gasteiger partial charge in [0.1, 0.15) is 6.61 Å². The minimum absolute atomic E-state index is 0.0421. The number of hydrogen-bond donors (Lipinski definition) is 1. The molecule has 2 aromatic rings. The Labute approximate surface area is 132 Å². The van der Waals surface area contributed by atoms with Crippen LogP contribution in [0.3, 0.4) is 0 Å². The molecule has 7 nitrogen and oxygen atoms in total. The molecule has 9 heteroatoms. The van der Waals surface area contributed by atoms with E-state index < -0.39 is 10.0 Å². The molecule has 0 fully saturated rings. The minimum atomic E-state index is -3.72. The Morgan fingerprint density at radius 2 is 2.14 bits per heavy atom. The molecule has 1 aliphatic heterocycles.